The first-order valence-corrected chi connectivity index (χ1v) is 14.9. The van der Waals surface area contributed by atoms with Crippen LogP contribution in [0.25, 0.3) is 12.2 Å². The Morgan fingerprint density at radius 2 is 0.829 bits per heavy atom. The summed E-state index contributed by atoms with van der Waals surface area (Å²) in [7, 11) is -2.54. The third-order valence-electron chi connectivity index (χ3n) is 8.37. The zero-order valence-electron chi connectivity index (χ0n) is 21.0. The quantitative estimate of drug-likeness (QED) is 0.278. The molecule has 4 aromatic rings. The molecule has 0 radical (unpaired) electrons. The average molecular weight is 469 g/mol. The van der Waals surface area contributed by atoms with Gasteiger partial charge in [0.25, 0.3) is 0 Å². The fraction of sp³-hybridized carbons (Fsp3) is 0.176. The van der Waals surface area contributed by atoms with E-state index in [2.05, 4.69) is 137 Å². The van der Waals surface area contributed by atoms with Crippen LogP contribution in [0.4, 0.5) is 0 Å². The highest BCUT2D eigenvalue weighted by Gasteiger charge is 2.54. The first-order valence-electron chi connectivity index (χ1n) is 12.7. The van der Waals surface area contributed by atoms with E-state index >= 15 is 0 Å². The van der Waals surface area contributed by atoms with E-state index in [-0.39, 0.29) is 0 Å². The van der Waals surface area contributed by atoms with Crippen molar-refractivity contribution in [2.75, 3.05) is 0 Å². The molecule has 6 rings (SSSR count). The predicted octanol–water partition coefficient (Wildman–Crippen LogP) is 7.18. The molecule has 0 saturated heterocycles. The molecule has 2 unspecified atom stereocenters. The zero-order chi connectivity index (χ0) is 24.2. The molecule has 0 heterocycles. The van der Waals surface area contributed by atoms with E-state index in [0.29, 0.717) is 11.1 Å². The molecule has 0 nitrogen and oxygen atoms in total. The highest BCUT2D eigenvalue weighted by Crippen LogP contribution is 2.48. The molecule has 0 aliphatic heterocycles. The van der Waals surface area contributed by atoms with E-state index in [1.807, 2.05) is 0 Å². The van der Waals surface area contributed by atoms with Gasteiger partial charge < -0.3 is 0 Å². The van der Waals surface area contributed by atoms with Gasteiger partial charge in [-0.3, -0.25) is 0 Å². The minimum Gasteiger partial charge on any atom is -0.0784 e. The second kappa shape index (κ2) is 8.36. The maximum Gasteiger partial charge on any atom is 0.141 e. The molecule has 0 aromatic heterocycles. The van der Waals surface area contributed by atoms with Crippen LogP contribution in [0.15, 0.2) is 97.1 Å². The molecule has 0 N–H and O–H groups in total. The van der Waals surface area contributed by atoms with Crippen molar-refractivity contribution in [3.8, 4) is 0 Å². The van der Waals surface area contributed by atoms with Gasteiger partial charge in [0.15, 0.2) is 0 Å². The molecule has 0 spiro atoms. The second-order valence-corrected chi connectivity index (χ2v) is 14.3. The average Bonchev–Trinajstić information content (AvgIpc) is 3.48. The molecule has 0 saturated carbocycles. The van der Waals surface area contributed by atoms with Crippen LogP contribution in [-0.2, 0) is 0 Å². The summed E-state index contributed by atoms with van der Waals surface area (Å²) in [5.74, 6) is 0. The van der Waals surface area contributed by atoms with Crippen molar-refractivity contribution in [2.45, 2.75) is 38.8 Å². The maximum atomic E-state index is 2.55. The van der Waals surface area contributed by atoms with Crippen molar-refractivity contribution in [3.63, 3.8) is 0 Å². The molecule has 2 atom stereocenters. The summed E-state index contributed by atoms with van der Waals surface area (Å²) >= 11 is 0. The highest BCUT2D eigenvalue weighted by molar-refractivity contribution is 7.05. The Morgan fingerprint density at radius 1 is 0.457 bits per heavy atom. The molecule has 2 aliphatic carbocycles. The third kappa shape index (κ3) is 3.18. The standard InChI is InChI=1S/C34H32Si/c1-23-11-9-12-24(2)33(23)35(34-25(3)13-10-14-26(34)4,31-21-19-27-15-5-7-17-29(27)31)32-22-20-28-16-6-8-18-30(28)32/h5-22,31-32H,1-4H3. The fourth-order valence-electron chi connectivity index (χ4n) is 7.17. The highest BCUT2D eigenvalue weighted by atomic mass is 28.3. The third-order valence-corrected chi connectivity index (χ3v) is 14.6. The van der Waals surface area contributed by atoms with Crippen molar-refractivity contribution in [2.24, 2.45) is 0 Å². The second-order valence-electron chi connectivity index (χ2n) is 10.3. The van der Waals surface area contributed by atoms with Gasteiger partial charge in [0.1, 0.15) is 8.07 Å². The van der Waals surface area contributed by atoms with E-state index in [0.717, 1.165) is 0 Å². The van der Waals surface area contributed by atoms with E-state index in [9.17, 15) is 0 Å². The van der Waals surface area contributed by atoms with Crippen LogP contribution < -0.4 is 10.4 Å². The normalized spacial score (nSPS) is 18.1. The van der Waals surface area contributed by atoms with Crippen molar-refractivity contribution < 1.29 is 0 Å². The topological polar surface area (TPSA) is 0 Å². The molecular weight excluding hydrogens is 436 g/mol. The zero-order valence-corrected chi connectivity index (χ0v) is 22.0. The Hall–Kier alpha value is -3.42. The number of hydrogen-bond acceptors (Lipinski definition) is 0. The molecule has 172 valence electrons. The minimum atomic E-state index is -2.54. The summed E-state index contributed by atoms with van der Waals surface area (Å²) < 4.78 is 0. The maximum absolute atomic E-state index is 2.55. The van der Waals surface area contributed by atoms with Crippen molar-refractivity contribution >= 4 is 30.6 Å². The smallest absolute Gasteiger partial charge is 0.0784 e. The Kier molecular flexibility index (Phi) is 5.27. The summed E-state index contributed by atoms with van der Waals surface area (Å²) in [6.45, 7) is 9.36. The predicted molar refractivity (Wildman–Crippen MR) is 153 cm³/mol. The van der Waals surface area contributed by atoms with Gasteiger partial charge in [0.2, 0.25) is 0 Å². The molecule has 1 heteroatoms. The van der Waals surface area contributed by atoms with E-state index in [1.165, 1.54) is 44.5 Å². The number of aryl methyl sites for hydroxylation is 4. The van der Waals surface area contributed by atoms with Gasteiger partial charge in [-0.15, -0.1) is 0 Å². The van der Waals surface area contributed by atoms with Gasteiger partial charge in [-0.1, -0.05) is 131 Å². The van der Waals surface area contributed by atoms with E-state index in [4.69, 9.17) is 0 Å². The largest absolute Gasteiger partial charge is 0.141 e. The van der Waals surface area contributed by atoms with Crippen LogP contribution in [0.2, 0.25) is 0 Å². The number of allylic oxidation sites excluding steroid dienone is 2. The molecule has 0 amide bonds. The lowest BCUT2D eigenvalue weighted by atomic mass is 10.1. The summed E-state index contributed by atoms with van der Waals surface area (Å²) in [5.41, 5.74) is 12.2. The summed E-state index contributed by atoms with van der Waals surface area (Å²) in [6.07, 6.45) is 9.86. The Bertz CT molecular complexity index is 1350. The lowest BCUT2D eigenvalue weighted by Gasteiger charge is -2.46. The molecular formula is C34H32Si. The minimum absolute atomic E-state index is 0.360. The van der Waals surface area contributed by atoms with Gasteiger partial charge in [-0.25, -0.2) is 0 Å². The Labute approximate surface area is 210 Å². The lowest BCUT2D eigenvalue weighted by molar-refractivity contribution is 1.06. The van der Waals surface area contributed by atoms with E-state index < -0.39 is 8.07 Å². The SMILES string of the molecule is Cc1cccc(C)c1[Si](c1c(C)cccc1C)(C1C=Cc2ccccc21)C1C=Cc2ccccc21. The summed E-state index contributed by atoms with van der Waals surface area (Å²) in [5, 5.41) is 3.21. The Balaban J connectivity index is 1.81. The van der Waals surface area contributed by atoms with Gasteiger partial charge >= 0.3 is 0 Å². The molecule has 4 aromatic carbocycles. The van der Waals surface area contributed by atoms with Crippen LogP contribution in [-0.4, -0.2) is 8.07 Å². The number of rotatable bonds is 4. The van der Waals surface area contributed by atoms with Gasteiger partial charge in [0, 0.05) is 11.1 Å². The van der Waals surface area contributed by atoms with Crippen molar-refractivity contribution in [3.05, 3.63) is 142 Å². The number of benzene rings is 4. The fourth-order valence-corrected chi connectivity index (χ4v) is 14.3. The molecule has 0 fully saturated rings. The Morgan fingerprint density at radius 3 is 1.23 bits per heavy atom. The first kappa shape index (κ1) is 22.1. The number of fused-ring (bicyclic) bond motifs is 2. The molecule has 0 bridgehead atoms. The summed E-state index contributed by atoms with van der Waals surface area (Å²) in [4.78, 5) is 0. The van der Waals surface area contributed by atoms with E-state index in [1.54, 1.807) is 10.4 Å². The monoisotopic (exact) mass is 468 g/mol. The number of hydrogen-bond donors (Lipinski definition) is 0. The van der Waals surface area contributed by atoms with Crippen LogP contribution in [0.3, 0.4) is 0 Å². The van der Waals surface area contributed by atoms with Crippen molar-refractivity contribution in [1.82, 2.24) is 0 Å². The van der Waals surface area contributed by atoms with Crippen LogP contribution in [0.1, 0.15) is 55.6 Å². The van der Waals surface area contributed by atoms with Crippen LogP contribution in [0.5, 0.6) is 0 Å². The summed E-state index contributed by atoms with van der Waals surface area (Å²) in [6, 6.07) is 32.0. The molecule has 35 heavy (non-hydrogen) atoms. The lowest BCUT2D eigenvalue weighted by Crippen LogP contribution is -2.68. The molecule has 2 aliphatic rings. The van der Waals surface area contributed by atoms with Crippen LogP contribution >= 0.6 is 0 Å². The first-order chi connectivity index (χ1) is 17.0. The van der Waals surface area contributed by atoms with Gasteiger partial charge in [-0.05, 0) is 60.3 Å². The van der Waals surface area contributed by atoms with Gasteiger partial charge in [-0.2, -0.15) is 0 Å². The van der Waals surface area contributed by atoms with Gasteiger partial charge in [0.05, 0.1) is 0 Å². The van der Waals surface area contributed by atoms with Crippen LogP contribution in [0, 0.1) is 27.7 Å². The van der Waals surface area contributed by atoms with Crippen molar-refractivity contribution in [1.29, 1.82) is 0 Å².